The lowest BCUT2D eigenvalue weighted by molar-refractivity contribution is -0.139. The summed E-state index contributed by atoms with van der Waals surface area (Å²) in [5.41, 5.74) is 0. The maximum absolute atomic E-state index is 13.2. The summed E-state index contributed by atoms with van der Waals surface area (Å²) >= 11 is 0. The van der Waals surface area contributed by atoms with Crippen LogP contribution in [0.2, 0.25) is 0 Å². The number of carboxylic acids is 1. The lowest BCUT2D eigenvalue weighted by atomic mass is 10.2. The molecule has 0 amide bonds. The van der Waals surface area contributed by atoms with Gasteiger partial charge in [-0.15, -0.1) is 0 Å². The highest BCUT2D eigenvalue weighted by molar-refractivity contribution is 7.89. The van der Waals surface area contributed by atoms with Crippen molar-refractivity contribution in [3.63, 3.8) is 0 Å². The van der Waals surface area contributed by atoms with Crippen LogP contribution in [0, 0.1) is 5.82 Å². The first-order valence-electron chi connectivity index (χ1n) is 4.74. The lowest BCUT2D eigenvalue weighted by Gasteiger charge is -2.12. The second-order valence-electron chi connectivity index (χ2n) is 3.21. The normalized spacial score (nSPS) is 13.3. The number of nitrogens with one attached hydrogen (secondary N) is 1. The molecular weight excluding hydrogens is 251 g/mol. The van der Waals surface area contributed by atoms with Gasteiger partial charge in [0.1, 0.15) is 6.04 Å². The number of hydrogen-bond acceptors (Lipinski definition) is 4. The van der Waals surface area contributed by atoms with Crippen molar-refractivity contribution in [1.29, 1.82) is 0 Å². The number of aromatic nitrogens is 1. The number of pyridine rings is 1. The Morgan fingerprint density at radius 1 is 1.65 bits per heavy atom. The highest BCUT2D eigenvalue weighted by Gasteiger charge is 2.27. The molecule has 0 aliphatic rings. The summed E-state index contributed by atoms with van der Waals surface area (Å²) < 4.78 is 38.4. The highest BCUT2D eigenvalue weighted by Crippen LogP contribution is 2.10. The zero-order valence-electron chi connectivity index (χ0n) is 8.92. The van der Waals surface area contributed by atoms with Crippen molar-refractivity contribution in [2.75, 3.05) is 0 Å². The molecule has 0 spiro atoms. The van der Waals surface area contributed by atoms with Gasteiger partial charge in [-0.3, -0.25) is 4.79 Å². The van der Waals surface area contributed by atoms with Crippen LogP contribution in [0.4, 0.5) is 4.39 Å². The van der Waals surface area contributed by atoms with E-state index in [0.29, 0.717) is 0 Å². The Bertz CT molecular complexity index is 517. The largest absolute Gasteiger partial charge is 0.480 e. The van der Waals surface area contributed by atoms with Crippen molar-refractivity contribution in [3.8, 4) is 0 Å². The van der Waals surface area contributed by atoms with Gasteiger partial charge in [-0.05, 0) is 18.6 Å². The zero-order valence-corrected chi connectivity index (χ0v) is 9.74. The minimum atomic E-state index is -4.26. The summed E-state index contributed by atoms with van der Waals surface area (Å²) in [5.74, 6) is -2.35. The predicted octanol–water partition coefficient (Wildman–Crippen LogP) is 0.362. The Hall–Kier alpha value is -1.54. The molecule has 0 saturated heterocycles. The van der Waals surface area contributed by atoms with Crippen molar-refractivity contribution in [3.05, 3.63) is 24.1 Å². The molecule has 94 valence electrons. The van der Waals surface area contributed by atoms with E-state index in [-0.39, 0.29) is 6.42 Å². The molecule has 1 atom stereocenters. The third-order valence-electron chi connectivity index (χ3n) is 1.98. The van der Waals surface area contributed by atoms with Gasteiger partial charge in [0.05, 0.1) is 0 Å². The molecule has 1 aromatic heterocycles. The molecule has 1 heterocycles. The fraction of sp³-hybridized carbons (Fsp3) is 0.333. The van der Waals surface area contributed by atoms with Crippen LogP contribution in [0.1, 0.15) is 13.3 Å². The topological polar surface area (TPSA) is 96.4 Å². The van der Waals surface area contributed by atoms with Gasteiger partial charge in [0.2, 0.25) is 5.03 Å². The average Bonchev–Trinajstić information content (AvgIpc) is 2.26. The molecule has 0 radical (unpaired) electrons. The standard InChI is InChI=1S/C9H11FN2O4S/c1-2-7(9(13)14)12-17(15,16)8-6(10)4-3-5-11-8/h3-5,7,12H,2H2,1H3,(H,13,14)/t7-/m0/s1. The Labute approximate surface area is 97.5 Å². The van der Waals surface area contributed by atoms with Gasteiger partial charge in [-0.1, -0.05) is 6.92 Å². The number of carboxylic acid groups (broad SMARTS) is 1. The average molecular weight is 262 g/mol. The minimum Gasteiger partial charge on any atom is -0.480 e. The first kappa shape index (κ1) is 13.5. The van der Waals surface area contributed by atoms with Crippen LogP contribution in [-0.2, 0) is 14.8 Å². The minimum absolute atomic E-state index is 0.0447. The fourth-order valence-corrected chi connectivity index (χ4v) is 2.40. The Kier molecular flexibility index (Phi) is 4.13. The Balaban J connectivity index is 3.05. The highest BCUT2D eigenvalue weighted by atomic mass is 32.2. The molecule has 0 saturated carbocycles. The smallest absolute Gasteiger partial charge is 0.321 e. The van der Waals surface area contributed by atoms with E-state index in [4.69, 9.17) is 5.11 Å². The van der Waals surface area contributed by atoms with Gasteiger partial charge in [0.15, 0.2) is 5.82 Å². The summed E-state index contributed by atoms with van der Waals surface area (Å²) in [4.78, 5) is 14.1. The maximum atomic E-state index is 13.2. The second kappa shape index (κ2) is 5.19. The molecular formula is C9H11FN2O4S. The van der Waals surface area contributed by atoms with Crippen molar-refractivity contribution < 1.29 is 22.7 Å². The Morgan fingerprint density at radius 2 is 2.29 bits per heavy atom. The van der Waals surface area contributed by atoms with E-state index in [1.807, 2.05) is 4.72 Å². The number of carbonyl (C=O) groups is 1. The van der Waals surface area contributed by atoms with Crippen LogP contribution in [0.5, 0.6) is 0 Å². The first-order chi connectivity index (χ1) is 7.88. The summed E-state index contributed by atoms with van der Waals surface area (Å²) in [7, 11) is -4.26. The van der Waals surface area contributed by atoms with Crippen LogP contribution < -0.4 is 4.72 Å². The fourth-order valence-electron chi connectivity index (χ4n) is 1.12. The Morgan fingerprint density at radius 3 is 2.76 bits per heavy atom. The van der Waals surface area contributed by atoms with E-state index in [0.717, 1.165) is 12.3 Å². The predicted molar refractivity (Wildman–Crippen MR) is 56.2 cm³/mol. The van der Waals surface area contributed by atoms with E-state index >= 15 is 0 Å². The number of halogens is 1. The third-order valence-corrected chi connectivity index (χ3v) is 3.39. The lowest BCUT2D eigenvalue weighted by Crippen LogP contribution is -2.40. The first-order valence-corrected chi connectivity index (χ1v) is 6.22. The molecule has 1 rings (SSSR count). The van der Waals surface area contributed by atoms with Gasteiger partial charge >= 0.3 is 5.97 Å². The molecule has 0 unspecified atom stereocenters. The van der Waals surface area contributed by atoms with Gasteiger partial charge in [-0.25, -0.2) is 17.8 Å². The number of rotatable bonds is 5. The monoisotopic (exact) mass is 262 g/mol. The number of hydrogen-bond donors (Lipinski definition) is 2. The molecule has 2 N–H and O–H groups in total. The van der Waals surface area contributed by atoms with E-state index in [1.54, 1.807) is 0 Å². The van der Waals surface area contributed by atoms with Gasteiger partial charge in [0, 0.05) is 6.20 Å². The van der Waals surface area contributed by atoms with Crippen LogP contribution in [0.15, 0.2) is 23.4 Å². The van der Waals surface area contributed by atoms with Crippen molar-refractivity contribution in [1.82, 2.24) is 9.71 Å². The molecule has 0 bridgehead atoms. The van der Waals surface area contributed by atoms with Crippen molar-refractivity contribution >= 4 is 16.0 Å². The SMILES string of the molecule is CC[C@H](NS(=O)(=O)c1ncccc1F)C(=O)O. The molecule has 0 fully saturated rings. The van der Waals surface area contributed by atoms with E-state index in [9.17, 15) is 17.6 Å². The second-order valence-corrected chi connectivity index (χ2v) is 4.84. The van der Waals surface area contributed by atoms with E-state index in [2.05, 4.69) is 4.98 Å². The van der Waals surface area contributed by atoms with Crippen LogP contribution >= 0.6 is 0 Å². The maximum Gasteiger partial charge on any atom is 0.321 e. The zero-order chi connectivity index (χ0) is 13.1. The molecule has 1 aromatic rings. The molecule has 0 aliphatic heterocycles. The number of sulfonamides is 1. The summed E-state index contributed by atoms with van der Waals surface area (Å²) in [6.45, 7) is 1.50. The van der Waals surface area contributed by atoms with E-state index < -0.39 is 32.9 Å². The van der Waals surface area contributed by atoms with Crippen molar-refractivity contribution in [2.45, 2.75) is 24.4 Å². The molecule has 8 heteroatoms. The van der Waals surface area contributed by atoms with Crippen LogP contribution in [0.3, 0.4) is 0 Å². The number of aliphatic carboxylic acids is 1. The third kappa shape index (κ3) is 3.21. The number of nitrogens with zero attached hydrogens (tertiary/aromatic N) is 1. The van der Waals surface area contributed by atoms with Gasteiger partial charge < -0.3 is 5.11 Å². The summed E-state index contributed by atoms with van der Waals surface area (Å²) in [5, 5.41) is 7.91. The quantitative estimate of drug-likeness (QED) is 0.798. The van der Waals surface area contributed by atoms with Gasteiger partial charge in [-0.2, -0.15) is 4.72 Å². The summed E-state index contributed by atoms with van der Waals surface area (Å²) in [6.07, 6.45) is 1.16. The van der Waals surface area contributed by atoms with E-state index in [1.165, 1.54) is 13.0 Å². The molecule has 17 heavy (non-hydrogen) atoms. The van der Waals surface area contributed by atoms with Crippen molar-refractivity contribution in [2.24, 2.45) is 0 Å². The van der Waals surface area contributed by atoms with Crippen LogP contribution in [0.25, 0.3) is 0 Å². The van der Waals surface area contributed by atoms with Crippen LogP contribution in [-0.4, -0.2) is 30.5 Å². The van der Waals surface area contributed by atoms with Gasteiger partial charge in [0.25, 0.3) is 10.0 Å². The summed E-state index contributed by atoms with van der Waals surface area (Å²) in [6, 6.07) is 0.868. The molecule has 6 nitrogen and oxygen atoms in total. The molecule has 0 aromatic carbocycles. The molecule has 0 aliphatic carbocycles.